The maximum atomic E-state index is 12.0. The third kappa shape index (κ3) is 5.43. The fraction of sp³-hybridized carbons (Fsp3) is 0.316. The summed E-state index contributed by atoms with van der Waals surface area (Å²) in [5.41, 5.74) is 6.01. The van der Waals surface area contributed by atoms with Gasteiger partial charge in [0.2, 0.25) is 5.91 Å². The van der Waals surface area contributed by atoms with Crippen LogP contribution in [0.2, 0.25) is 0 Å². The van der Waals surface area contributed by atoms with Crippen LogP contribution in [0.15, 0.2) is 47.1 Å². The third-order valence-electron chi connectivity index (χ3n) is 4.36. The lowest BCUT2D eigenvalue weighted by Crippen LogP contribution is -2.41. The zero-order chi connectivity index (χ0) is 19.2. The summed E-state index contributed by atoms with van der Waals surface area (Å²) in [4.78, 5) is 29.9. The maximum Gasteiger partial charge on any atom is 0.262 e. The highest BCUT2D eigenvalue weighted by molar-refractivity contribution is 9.10. The van der Waals surface area contributed by atoms with Crippen LogP contribution in [0.25, 0.3) is 0 Å². The molecular weight excluding hydrogens is 412 g/mol. The van der Waals surface area contributed by atoms with Gasteiger partial charge in [-0.1, -0.05) is 15.9 Å². The van der Waals surface area contributed by atoms with E-state index >= 15 is 0 Å². The van der Waals surface area contributed by atoms with Gasteiger partial charge < -0.3 is 20.7 Å². The quantitative estimate of drug-likeness (QED) is 0.730. The average molecular weight is 433 g/mol. The number of benzene rings is 1. The Balaban J connectivity index is 1.51. The Labute approximate surface area is 166 Å². The van der Waals surface area contributed by atoms with E-state index in [1.165, 1.54) is 0 Å². The van der Waals surface area contributed by atoms with E-state index in [1.54, 1.807) is 24.4 Å². The van der Waals surface area contributed by atoms with Gasteiger partial charge in [0.1, 0.15) is 11.6 Å². The Morgan fingerprint density at radius 1 is 1.26 bits per heavy atom. The molecule has 1 unspecified atom stereocenters. The van der Waals surface area contributed by atoms with Crippen molar-refractivity contribution in [3.63, 3.8) is 0 Å². The van der Waals surface area contributed by atoms with E-state index in [0.29, 0.717) is 18.0 Å². The summed E-state index contributed by atoms with van der Waals surface area (Å²) in [6, 6.07) is 10.9. The molecule has 142 valence electrons. The first-order chi connectivity index (χ1) is 13.0. The van der Waals surface area contributed by atoms with Gasteiger partial charge in [-0.15, -0.1) is 0 Å². The van der Waals surface area contributed by atoms with Crippen LogP contribution in [0.4, 0.5) is 11.5 Å². The highest BCUT2D eigenvalue weighted by Gasteiger charge is 2.24. The lowest BCUT2D eigenvalue weighted by molar-refractivity contribution is -0.122. The van der Waals surface area contributed by atoms with Gasteiger partial charge in [-0.3, -0.25) is 9.59 Å². The molecule has 3 N–H and O–H groups in total. The fourth-order valence-electron chi connectivity index (χ4n) is 2.94. The molecule has 2 heterocycles. The van der Waals surface area contributed by atoms with Crippen LogP contribution < -0.4 is 20.7 Å². The summed E-state index contributed by atoms with van der Waals surface area (Å²) >= 11 is 3.35. The molecule has 1 fully saturated rings. The van der Waals surface area contributed by atoms with Crippen molar-refractivity contribution >= 4 is 39.2 Å². The van der Waals surface area contributed by atoms with Crippen molar-refractivity contribution < 1.29 is 14.3 Å². The summed E-state index contributed by atoms with van der Waals surface area (Å²) in [5, 5.41) is 2.75. The van der Waals surface area contributed by atoms with Crippen molar-refractivity contribution in [2.75, 3.05) is 29.9 Å². The first-order valence-electron chi connectivity index (χ1n) is 8.70. The van der Waals surface area contributed by atoms with Gasteiger partial charge in [-0.25, -0.2) is 4.98 Å². The Morgan fingerprint density at radius 3 is 2.70 bits per heavy atom. The number of nitrogens with zero attached hydrogens (tertiary/aromatic N) is 2. The first-order valence-corrected chi connectivity index (χ1v) is 9.49. The van der Waals surface area contributed by atoms with Crippen LogP contribution in [0, 0.1) is 5.92 Å². The second-order valence-corrected chi connectivity index (χ2v) is 7.30. The molecule has 27 heavy (non-hydrogen) atoms. The van der Waals surface area contributed by atoms with E-state index in [0.717, 1.165) is 29.7 Å². The standard InChI is InChI=1S/C19H21BrN4O3/c20-14-3-6-16(7-4-14)27-12-18(25)23-15-5-8-17(22-10-15)24-9-1-2-13(11-24)19(21)26/h3-8,10,13H,1-2,9,11-12H2,(H2,21,26)(H,23,25). The number of ether oxygens (including phenoxy) is 1. The Hall–Kier alpha value is -2.61. The van der Waals surface area contributed by atoms with Gasteiger partial charge in [0.15, 0.2) is 6.61 Å². The normalized spacial score (nSPS) is 16.6. The fourth-order valence-corrected chi connectivity index (χ4v) is 3.21. The largest absolute Gasteiger partial charge is 0.484 e. The molecule has 1 aromatic heterocycles. The van der Waals surface area contributed by atoms with Crippen molar-refractivity contribution in [2.24, 2.45) is 11.7 Å². The molecule has 8 heteroatoms. The Kier molecular flexibility index (Phi) is 6.28. The third-order valence-corrected chi connectivity index (χ3v) is 4.89. The minimum Gasteiger partial charge on any atom is -0.484 e. The molecule has 0 saturated carbocycles. The summed E-state index contributed by atoms with van der Waals surface area (Å²) in [5.74, 6) is 0.713. The summed E-state index contributed by atoms with van der Waals surface area (Å²) in [6.45, 7) is 1.33. The van der Waals surface area contributed by atoms with E-state index in [1.807, 2.05) is 23.1 Å². The number of halogens is 1. The van der Waals surface area contributed by atoms with Crippen LogP contribution in [-0.4, -0.2) is 36.5 Å². The van der Waals surface area contributed by atoms with Crippen LogP contribution in [0.1, 0.15) is 12.8 Å². The SMILES string of the molecule is NC(=O)C1CCCN(c2ccc(NC(=O)COc3ccc(Br)cc3)cn2)C1. The minimum absolute atomic E-state index is 0.0875. The van der Waals surface area contributed by atoms with Gasteiger partial charge in [0.05, 0.1) is 17.8 Å². The molecule has 1 aromatic carbocycles. The number of piperidine rings is 1. The molecule has 1 aliphatic heterocycles. The second-order valence-electron chi connectivity index (χ2n) is 6.38. The van der Waals surface area contributed by atoms with Crippen LogP contribution in [0.5, 0.6) is 5.75 Å². The molecule has 2 aromatic rings. The molecule has 0 radical (unpaired) electrons. The summed E-state index contributed by atoms with van der Waals surface area (Å²) in [7, 11) is 0. The monoisotopic (exact) mass is 432 g/mol. The smallest absolute Gasteiger partial charge is 0.262 e. The van der Waals surface area contributed by atoms with E-state index in [2.05, 4.69) is 26.2 Å². The number of nitrogens with two attached hydrogens (primary N) is 1. The van der Waals surface area contributed by atoms with Crippen molar-refractivity contribution in [2.45, 2.75) is 12.8 Å². The topological polar surface area (TPSA) is 97.6 Å². The maximum absolute atomic E-state index is 12.0. The number of carbonyl (C=O) groups is 2. The van der Waals surface area contributed by atoms with Crippen molar-refractivity contribution in [1.82, 2.24) is 4.98 Å². The van der Waals surface area contributed by atoms with Gasteiger partial charge in [-0.05, 0) is 49.2 Å². The highest BCUT2D eigenvalue weighted by atomic mass is 79.9. The number of primary amides is 1. The number of amides is 2. The number of hydrogen-bond acceptors (Lipinski definition) is 5. The van der Waals surface area contributed by atoms with Gasteiger partial charge >= 0.3 is 0 Å². The molecular formula is C19H21BrN4O3. The Morgan fingerprint density at radius 2 is 2.04 bits per heavy atom. The van der Waals surface area contributed by atoms with Crippen LogP contribution in [-0.2, 0) is 9.59 Å². The highest BCUT2D eigenvalue weighted by Crippen LogP contribution is 2.22. The molecule has 7 nitrogen and oxygen atoms in total. The minimum atomic E-state index is -0.269. The predicted octanol–water partition coefficient (Wildman–Crippen LogP) is 2.56. The molecule has 3 rings (SSSR count). The van der Waals surface area contributed by atoms with Crippen LogP contribution >= 0.6 is 15.9 Å². The van der Waals surface area contributed by atoms with Crippen molar-refractivity contribution in [3.05, 3.63) is 47.1 Å². The number of nitrogens with one attached hydrogen (secondary N) is 1. The summed E-state index contributed by atoms with van der Waals surface area (Å²) in [6.07, 6.45) is 3.32. The number of aromatic nitrogens is 1. The average Bonchev–Trinajstić information content (AvgIpc) is 2.68. The number of pyridine rings is 1. The van der Waals surface area contributed by atoms with E-state index < -0.39 is 0 Å². The molecule has 1 atom stereocenters. The molecule has 1 saturated heterocycles. The lowest BCUT2D eigenvalue weighted by atomic mass is 9.97. The number of hydrogen-bond donors (Lipinski definition) is 2. The molecule has 0 bridgehead atoms. The molecule has 1 aliphatic rings. The number of rotatable bonds is 6. The van der Waals surface area contributed by atoms with Crippen molar-refractivity contribution in [3.8, 4) is 5.75 Å². The van der Waals surface area contributed by atoms with Crippen LogP contribution in [0.3, 0.4) is 0 Å². The molecule has 0 spiro atoms. The van der Waals surface area contributed by atoms with E-state index in [4.69, 9.17) is 10.5 Å². The summed E-state index contributed by atoms with van der Waals surface area (Å²) < 4.78 is 6.39. The van der Waals surface area contributed by atoms with E-state index in [9.17, 15) is 9.59 Å². The van der Waals surface area contributed by atoms with Gasteiger partial charge in [-0.2, -0.15) is 0 Å². The predicted molar refractivity (Wildman–Crippen MR) is 107 cm³/mol. The van der Waals surface area contributed by atoms with E-state index in [-0.39, 0.29) is 24.3 Å². The molecule has 0 aliphatic carbocycles. The lowest BCUT2D eigenvalue weighted by Gasteiger charge is -2.32. The Bertz CT molecular complexity index is 796. The first kappa shape index (κ1) is 19.2. The zero-order valence-corrected chi connectivity index (χ0v) is 16.3. The second kappa shape index (κ2) is 8.85. The number of anilines is 2. The van der Waals surface area contributed by atoms with Crippen molar-refractivity contribution in [1.29, 1.82) is 0 Å². The van der Waals surface area contributed by atoms with Gasteiger partial charge in [0.25, 0.3) is 5.91 Å². The molecule has 2 amide bonds. The number of carbonyl (C=O) groups excluding carboxylic acids is 2. The zero-order valence-electron chi connectivity index (χ0n) is 14.7. The van der Waals surface area contributed by atoms with Gasteiger partial charge in [0, 0.05) is 17.6 Å².